The van der Waals surface area contributed by atoms with Gasteiger partial charge in [0.05, 0.1) is 5.02 Å². The summed E-state index contributed by atoms with van der Waals surface area (Å²) in [5.74, 6) is -0.394. The summed E-state index contributed by atoms with van der Waals surface area (Å²) in [7, 11) is 0. The largest absolute Gasteiger partial charge is 0.573 e. The van der Waals surface area contributed by atoms with Crippen LogP contribution in [0.25, 0.3) is 0 Å². The zero-order valence-corrected chi connectivity index (χ0v) is 10.3. The molecule has 0 amide bonds. The van der Waals surface area contributed by atoms with Crippen molar-refractivity contribution >= 4 is 11.6 Å². The highest BCUT2D eigenvalue weighted by Crippen LogP contribution is 2.39. The van der Waals surface area contributed by atoms with Crippen LogP contribution >= 0.6 is 11.6 Å². The standard InChI is InChI=1S/C12H13ClF3NO/c13-9-7-8(11(17)5-1-2-6-11)3-4-10(9)18-12(14,15)16/h3-4,7H,1-2,5-6,17H2. The molecule has 1 aliphatic carbocycles. The summed E-state index contributed by atoms with van der Waals surface area (Å²) in [6.45, 7) is 0. The number of benzene rings is 1. The van der Waals surface area contributed by atoms with Crippen molar-refractivity contribution in [2.45, 2.75) is 37.6 Å². The van der Waals surface area contributed by atoms with E-state index in [4.69, 9.17) is 17.3 Å². The van der Waals surface area contributed by atoms with Gasteiger partial charge in [-0.3, -0.25) is 0 Å². The Hall–Kier alpha value is -0.940. The molecule has 1 aromatic rings. The van der Waals surface area contributed by atoms with Gasteiger partial charge in [-0.05, 0) is 30.5 Å². The molecule has 2 N–H and O–H groups in total. The van der Waals surface area contributed by atoms with Crippen molar-refractivity contribution in [2.75, 3.05) is 0 Å². The van der Waals surface area contributed by atoms with E-state index in [1.807, 2.05) is 0 Å². The molecule has 0 atom stereocenters. The van der Waals surface area contributed by atoms with Gasteiger partial charge in [-0.2, -0.15) is 0 Å². The fraction of sp³-hybridized carbons (Fsp3) is 0.500. The maximum absolute atomic E-state index is 12.1. The maximum atomic E-state index is 12.1. The van der Waals surface area contributed by atoms with Crippen molar-refractivity contribution in [3.8, 4) is 5.75 Å². The lowest BCUT2D eigenvalue weighted by Gasteiger charge is -2.24. The van der Waals surface area contributed by atoms with E-state index in [2.05, 4.69) is 4.74 Å². The maximum Gasteiger partial charge on any atom is 0.573 e. The Morgan fingerprint density at radius 3 is 2.33 bits per heavy atom. The predicted molar refractivity (Wildman–Crippen MR) is 62.5 cm³/mol. The van der Waals surface area contributed by atoms with Gasteiger partial charge >= 0.3 is 6.36 Å². The molecule has 1 aliphatic rings. The van der Waals surface area contributed by atoms with E-state index in [0.717, 1.165) is 31.2 Å². The van der Waals surface area contributed by atoms with E-state index in [-0.39, 0.29) is 5.02 Å². The molecular weight excluding hydrogens is 267 g/mol. The van der Waals surface area contributed by atoms with Crippen molar-refractivity contribution in [1.29, 1.82) is 0 Å². The van der Waals surface area contributed by atoms with Crippen LogP contribution in [-0.4, -0.2) is 6.36 Å². The summed E-state index contributed by atoms with van der Waals surface area (Å²) < 4.78 is 40.1. The van der Waals surface area contributed by atoms with Crippen LogP contribution in [-0.2, 0) is 5.54 Å². The fourth-order valence-corrected chi connectivity index (χ4v) is 2.53. The average molecular weight is 280 g/mol. The molecule has 1 saturated carbocycles. The van der Waals surface area contributed by atoms with Crippen LogP contribution in [0.2, 0.25) is 5.02 Å². The SMILES string of the molecule is NC1(c2ccc(OC(F)(F)F)c(Cl)c2)CCCC1. The Morgan fingerprint density at radius 2 is 1.83 bits per heavy atom. The number of alkyl halides is 3. The second kappa shape index (κ2) is 4.63. The van der Waals surface area contributed by atoms with Gasteiger partial charge < -0.3 is 10.5 Å². The molecule has 18 heavy (non-hydrogen) atoms. The van der Waals surface area contributed by atoms with Crippen molar-refractivity contribution in [1.82, 2.24) is 0 Å². The third kappa shape index (κ3) is 2.90. The Labute approximate surface area is 108 Å². The first-order chi connectivity index (χ1) is 8.30. The van der Waals surface area contributed by atoms with E-state index in [0.29, 0.717) is 0 Å². The van der Waals surface area contributed by atoms with Crippen LogP contribution < -0.4 is 10.5 Å². The molecule has 6 heteroatoms. The highest BCUT2D eigenvalue weighted by molar-refractivity contribution is 6.32. The minimum absolute atomic E-state index is 0.0680. The summed E-state index contributed by atoms with van der Waals surface area (Å²) >= 11 is 5.80. The molecular formula is C12H13ClF3NO. The number of ether oxygens (including phenoxy) is 1. The highest BCUT2D eigenvalue weighted by Gasteiger charge is 2.34. The van der Waals surface area contributed by atoms with Crippen LogP contribution in [0.15, 0.2) is 18.2 Å². The second-order valence-electron chi connectivity index (χ2n) is 4.56. The van der Waals surface area contributed by atoms with Gasteiger partial charge in [-0.15, -0.1) is 13.2 Å². The first-order valence-electron chi connectivity index (χ1n) is 5.65. The first kappa shape index (κ1) is 13.5. The van der Waals surface area contributed by atoms with Gasteiger partial charge in [0.25, 0.3) is 0 Å². The molecule has 0 radical (unpaired) electrons. The number of hydrogen-bond donors (Lipinski definition) is 1. The van der Waals surface area contributed by atoms with Crippen molar-refractivity contribution in [2.24, 2.45) is 5.73 Å². The highest BCUT2D eigenvalue weighted by atomic mass is 35.5. The minimum atomic E-state index is -4.74. The minimum Gasteiger partial charge on any atom is -0.404 e. The van der Waals surface area contributed by atoms with Gasteiger partial charge in [-0.1, -0.05) is 30.5 Å². The monoisotopic (exact) mass is 279 g/mol. The molecule has 0 spiro atoms. The number of hydrogen-bond acceptors (Lipinski definition) is 2. The van der Waals surface area contributed by atoms with Crippen molar-refractivity contribution in [3.63, 3.8) is 0 Å². The zero-order valence-electron chi connectivity index (χ0n) is 9.56. The van der Waals surface area contributed by atoms with Gasteiger partial charge in [0.15, 0.2) is 0 Å². The predicted octanol–water partition coefficient (Wildman–Crippen LogP) is 3.97. The summed E-state index contributed by atoms with van der Waals surface area (Å²) in [6, 6.07) is 4.24. The van der Waals surface area contributed by atoms with Crippen LogP contribution in [0.3, 0.4) is 0 Å². The Balaban J connectivity index is 2.25. The smallest absolute Gasteiger partial charge is 0.404 e. The van der Waals surface area contributed by atoms with Gasteiger partial charge in [0.2, 0.25) is 0 Å². The third-order valence-electron chi connectivity index (χ3n) is 3.23. The average Bonchev–Trinajstić information content (AvgIpc) is 2.68. The Morgan fingerprint density at radius 1 is 1.22 bits per heavy atom. The van der Waals surface area contributed by atoms with Crippen LogP contribution in [0, 0.1) is 0 Å². The molecule has 0 aromatic heterocycles. The van der Waals surface area contributed by atoms with Gasteiger partial charge in [-0.25, -0.2) is 0 Å². The number of halogens is 4. The molecule has 1 aromatic carbocycles. The van der Waals surface area contributed by atoms with Crippen LogP contribution in [0.5, 0.6) is 5.75 Å². The lowest BCUT2D eigenvalue weighted by atomic mass is 9.89. The summed E-state index contributed by atoms with van der Waals surface area (Å²) in [5, 5.41) is -0.0680. The van der Waals surface area contributed by atoms with Crippen molar-refractivity contribution < 1.29 is 17.9 Å². The van der Waals surface area contributed by atoms with E-state index in [9.17, 15) is 13.2 Å². The lowest BCUT2D eigenvalue weighted by Crippen LogP contribution is -2.33. The van der Waals surface area contributed by atoms with Crippen LogP contribution in [0.1, 0.15) is 31.2 Å². The molecule has 0 bridgehead atoms. The molecule has 1 fully saturated rings. The topological polar surface area (TPSA) is 35.2 Å². The second-order valence-corrected chi connectivity index (χ2v) is 4.96. The fourth-order valence-electron chi connectivity index (χ4n) is 2.31. The third-order valence-corrected chi connectivity index (χ3v) is 3.52. The Bertz CT molecular complexity index is 441. The first-order valence-corrected chi connectivity index (χ1v) is 6.03. The molecule has 2 nitrogen and oxygen atoms in total. The number of nitrogens with two attached hydrogens (primary N) is 1. The number of rotatable bonds is 2. The van der Waals surface area contributed by atoms with E-state index in [1.54, 1.807) is 6.07 Å². The summed E-state index contributed by atoms with van der Waals surface area (Å²) in [5.41, 5.74) is 6.50. The Kier molecular flexibility index (Phi) is 3.47. The molecule has 0 aliphatic heterocycles. The summed E-state index contributed by atoms with van der Waals surface area (Å²) in [6.07, 6.45) is -1.05. The van der Waals surface area contributed by atoms with Gasteiger partial charge in [0, 0.05) is 5.54 Å². The normalized spacial score (nSPS) is 18.9. The molecule has 0 unspecified atom stereocenters. The quantitative estimate of drug-likeness (QED) is 0.889. The molecule has 0 saturated heterocycles. The molecule has 2 rings (SSSR count). The van der Waals surface area contributed by atoms with Crippen LogP contribution in [0.4, 0.5) is 13.2 Å². The summed E-state index contributed by atoms with van der Waals surface area (Å²) in [4.78, 5) is 0. The van der Waals surface area contributed by atoms with E-state index in [1.165, 1.54) is 12.1 Å². The van der Waals surface area contributed by atoms with E-state index < -0.39 is 17.7 Å². The van der Waals surface area contributed by atoms with E-state index >= 15 is 0 Å². The lowest BCUT2D eigenvalue weighted by molar-refractivity contribution is -0.274. The van der Waals surface area contributed by atoms with Gasteiger partial charge in [0.1, 0.15) is 5.75 Å². The molecule has 100 valence electrons. The zero-order chi connectivity index (χ0) is 13.4. The molecule has 0 heterocycles. The van der Waals surface area contributed by atoms with Crippen molar-refractivity contribution in [3.05, 3.63) is 28.8 Å².